The molecule has 0 aliphatic rings. The molecule has 0 unspecified atom stereocenters. The Morgan fingerprint density at radius 1 is 1.53 bits per heavy atom. The molecule has 0 radical (unpaired) electrons. The highest BCUT2D eigenvalue weighted by Crippen LogP contribution is 2.26. The van der Waals surface area contributed by atoms with Crippen LogP contribution in [0.5, 0.6) is 0 Å². The summed E-state index contributed by atoms with van der Waals surface area (Å²) in [7, 11) is 0. The first kappa shape index (κ1) is 12.3. The van der Waals surface area contributed by atoms with Gasteiger partial charge in [0.2, 0.25) is 0 Å². The van der Waals surface area contributed by atoms with Crippen molar-refractivity contribution in [2.24, 2.45) is 0 Å². The molecule has 0 saturated heterocycles. The van der Waals surface area contributed by atoms with E-state index < -0.39 is 0 Å². The standard InChI is InChI=1S/C10H7BrClN3OS/c11-6-2-1-5(12)3-7(6)14-9(16)8-4-17-10(13)15-8/h1-4H,(H2,13,15)(H,14,16). The van der Waals surface area contributed by atoms with Crippen molar-refractivity contribution in [3.8, 4) is 0 Å². The minimum absolute atomic E-state index is 0.291. The number of benzene rings is 1. The van der Waals surface area contributed by atoms with E-state index in [1.807, 2.05) is 0 Å². The van der Waals surface area contributed by atoms with Crippen LogP contribution in [0.1, 0.15) is 10.5 Å². The normalized spacial score (nSPS) is 10.2. The van der Waals surface area contributed by atoms with Gasteiger partial charge in [-0.2, -0.15) is 0 Å². The predicted octanol–water partition coefficient (Wildman–Crippen LogP) is 3.39. The van der Waals surface area contributed by atoms with Gasteiger partial charge in [-0.05, 0) is 34.1 Å². The van der Waals surface area contributed by atoms with Gasteiger partial charge >= 0.3 is 0 Å². The molecule has 1 amide bonds. The van der Waals surface area contributed by atoms with Crippen LogP contribution in [0.4, 0.5) is 10.8 Å². The molecule has 0 atom stereocenters. The number of rotatable bonds is 2. The van der Waals surface area contributed by atoms with E-state index in [1.165, 1.54) is 11.3 Å². The van der Waals surface area contributed by atoms with Gasteiger partial charge < -0.3 is 11.1 Å². The fourth-order valence-corrected chi connectivity index (χ4v) is 2.23. The maximum atomic E-state index is 11.8. The molecule has 0 aliphatic heterocycles. The second-order valence-corrected chi connectivity index (χ2v) is 5.33. The Morgan fingerprint density at radius 3 is 2.94 bits per heavy atom. The van der Waals surface area contributed by atoms with Gasteiger partial charge in [0.15, 0.2) is 5.13 Å². The Kier molecular flexibility index (Phi) is 3.66. The lowest BCUT2D eigenvalue weighted by molar-refractivity contribution is 0.102. The van der Waals surface area contributed by atoms with Crippen molar-refractivity contribution in [3.05, 3.63) is 38.8 Å². The summed E-state index contributed by atoms with van der Waals surface area (Å²) in [5.74, 6) is -0.319. The highest BCUT2D eigenvalue weighted by atomic mass is 79.9. The zero-order valence-corrected chi connectivity index (χ0v) is 11.6. The summed E-state index contributed by atoms with van der Waals surface area (Å²) in [4.78, 5) is 15.7. The predicted molar refractivity (Wildman–Crippen MR) is 73.6 cm³/mol. The highest BCUT2D eigenvalue weighted by Gasteiger charge is 2.11. The van der Waals surface area contributed by atoms with Gasteiger partial charge in [-0.15, -0.1) is 11.3 Å². The van der Waals surface area contributed by atoms with E-state index in [-0.39, 0.29) is 5.91 Å². The summed E-state index contributed by atoms with van der Waals surface area (Å²) in [5, 5.41) is 5.20. The summed E-state index contributed by atoms with van der Waals surface area (Å²) in [5.41, 5.74) is 6.34. The molecular formula is C10H7BrClN3OS. The van der Waals surface area contributed by atoms with Crippen LogP contribution in [0.2, 0.25) is 5.02 Å². The highest BCUT2D eigenvalue weighted by molar-refractivity contribution is 9.10. The molecule has 0 bridgehead atoms. The minimum atomic E-state index is -0.319. The average molecular weight is 333 g/mol. The van der Waals surface area contributed by atoms with Crippen LogP contribution < -0.4 is 11.1 Å². The average Bonchev–Trinajstić information content (AvgIpc) is 2.70. The number of aromatic nitrogens is 1. The maximum Gasteiger partial charge on any atom is 0.275 e. The van der Waals surface area contributed by atoms with Crippen LogP contribution >= 0.6 is 38.9 Å². The molecular weight excluding hydrogens is 326 g/mol. The van der Waals surface area contributed by atoms with Crippen LogP contribution in [0.25, 0.3) is 0 Å². The molecule has 0 saturated carbocycles. The molecule has 0 spiro atoms. The summed E-state index contributed by atoms with van der Waals surface area (Å²) in [6, 6.07) is 5.13. The first-order chi connectivity index (χ1) is 8.06. The number of hydrogen-bond acceptors (Lipinski definition) is 4. The van der Waals surface area contributed by atoms with Gasteiger partial charge in [0.1, 0.15) is 5.69 Å². The third kappa shape index (κ3) is 2.96. The van der Waals surface area contributed by atoms with Gasteiger partial charge in [0.25, 0.3) is 5.91 Å². The Balaban J connectivity index is 2.21. The number of carbonyl (C=O) groups is 1. The third-order valence-electron chi connectivity index (χ3n) is 1.93. The summed E-state index contributed by atoms with van der Waals surface area (Å²) in [6.07, 6.45) is 0. The summed E-state index contributed by atoms with van der Waals surface area (Å²) in [6.45, 7) is 0. The Hall–Kier alpha value is -1.11. The van der Waals surface area contributed by atoms with Crippen molar-refractivity contribution < 1.29 is 4.79 Å². The lowest BCUT2D eigenvalue weighted by atomic mass is 10.3. The molecule has 0 fully saturated rings. The first-order valence-electron chi connectivity index (χ1n) is 4.53. The van der Waals surface area contributed by atoms with Gasteiger partial charge in [-0.1, -0.05) is 11.6 Å². The van der Waals surface area contributed by atoms with Crippen molar-refractivity contribution in [1.82, 2.24) is 4.98 Å². The number of carbonyl (C=O) groups excluding carboxylic acids is 1. The Bertz CT molecular complexity index is 572. The topological polar surface area (TPSA) is 68.0 Å². The minimum Gasteiger partial charge on any atom is -0.375 e. The monoisotopic (exact) mass is 331 g/mol. The number of nitrogens with one attached hydrogen (secondary N) is 1. The van der Waals surface area contributed by atoms with Crippen LogP contribution in [0.15, 0.2) is 28.1 Å². The van der Waals surface area contributed by atoms with Gasteiger partial charge in [0, 0.05) is 14.9 Å². The first-order valence-corrected chi connectivity index (χ1v) is 6.59. The quantitative estimate of drug-likeness (QED) is 0.885. The third-order valence-corrected chi connectivity index (χ3v) is 3.53. The molecule has 17 heavy (non-hydrogen) atoms. The molecule has 2 aromatic rings. The SMILES string of the molecule is Nc1nc(C(=O)Nc2cc(Cl)ccc2Br)cs1. The van der Waals surface area contributed by atoms with Crippen LogP contribution in [0, 0.1) is 0 Å². The van der Waals surface area contributed by atoms with E-state index in [4.69, 9.17) is 17.3 Å². The molecule has 7 heteroatoms. The van der Waals surface area contributed by atoms with Gasteiger partial charge in [-0.3, -0.25) is 4.79 Å². The van der Waals surface area contributed by atoms with Gasteiger partial charge in [-0.25, -0.2) is 4.98 Å². The van der Waals surface area contributed by atoms with Crippen molar-refractivity contribution >= 4 is 55.6 Å². The molecule has 1 aromatic heterocycles. The van der Waals surface area contributed by atoms with Crippen molar-refractivity contribution in [2.45, 2.75) is 0 Å². The smallest absolute Gasteiger partial charge is 0.275 e. The number of anilines is 2. The zero-order chi connectivity index (χ0) is 12.4. The van der Waals surface area contributed by atoms with E-state index in [0.29, 0.717) is 21.5 Å². The number of hydrogen-bond donors (Lipinski definition) is 2. The molecule has 2 rings (SSSR count). The second kappa shape index (κ2) is 5.03. The Morgan fingerprint density at radius 2 is 2.29 bits per heavy atom. The van der Waals surface area contributed by atoms with Crippen molar-refractivity contribution in [3.63, 3.8) is 0 Å². The molecule has 88 valence electrons. The van der Waals surface area contributed by atoms with Crippen LogP contribution in [-0.2, 0) is 0 Å². The summed E-state index contributed by atoms with van der Waals surface area (Å²) < 4.78 is 0.749. The van der Waals surface area contributed by atoms with Crippen LogP contribution in [-0.4, -0.2) is 10.9 Å². The molecule has 1 aromatic carbocycles. The number of nitrogens with two attached hydrogens (primary N) is 1. The number of thiazole rings is 1. The van der Waals surface area contributed by atoms with E-state index in [0.717, 1.165) is 4.47 Å². The lowest BCUT2D eigenvalue weighted by Gasteiger charge is -2.06. The fraction of sp³-hybridized carbons (Fsp3) is 0. The lowest BCUT2D eigenvalue weighted by Crippen LogP contribution is -2.12. The largest absolute Gasteiger partial charge is 0.375 e. The molecule has 4 nitrogen and oxygen atoms in total. The second-order valence-electron chi connectivity index (χ2n) is 3.15. The van der Waals surface area contributed by atoms with Crippen molar-refractivity contribution in [1.29, 1.82) is 0 Å². The maximum absolute atomic E-state index is 11.8. The Labute approximate surface area is 115 Å². The zero-order valence-electron chi connectivity index (χ0n) is 8.41. The fourth-order valence-electron chi connectivity index (χ4n) is 1.17. The van der Waals surface area contributed by atoms with Crippen molar-refractivity contribution in [2.75, 3.05) is 11.1 Å². The van der Waals surface area contributed by atoms with Crippen LogP contribution in [0.3, 0.4) is 0 Å². The van der Waals surface area contributed by atoms with E-state index >= 15 is 0 Å². The van der Waals surface area contributed by atoms with E-state index in [1.54, 1.807) is 23.6 Å². The summed E-state index contributed by atoms with van der Waals surface area (Å²) >= 11 is 10.4. The molecule has 1 heterocycles. The number of nitrogens with zero attached hydrogens (tertiary/aromatic N) is 1. The van der Waals surface area contributed by atoms with Gasteiger partial charge in [0.05, 0.1) is 5.69 Å². The number of amides is 1. The molecule has 3 N–H and O–H groups in total. The van der Waals surface area contributed by atoms with E-state index in [2.05, 4.69) is 26.2 Å². The molecule has 0 aliphatic carbocycles. The number of halogens is 2. The number of nitrogen functional groups attached to an aromatic ring is 1. The van der Waals surface area contributed by atoms with E-state index in [9.17, 15) is 4.79 Å².